The van der Waals surface area contributed by atoms with Crippen molar-refractivity contribution in [3.05, 3.63) is 66.0 Å². The average Bonchev–Trinajstić information content (AvgIpc) is 2.46. The molecule has 1 N–H and O–H groups in total. The maximum Gasteiger partial charge on any atom is 0.274 e. The molecular formula is C15H13N2O2. The van der Waals surface area contributed by atoms with E-state index >= 15 is 0 Å². The van der Waals surface area contributed by atoms with E-state index in [2.05, 4.69) is 10.3 Å². The van der Waals surface area contributed by atoms with Gasteiger partial charge in [0.25, 0.3) is 5.91 Å². The van der Waals surface area contributed by atoms with Gasteiger partial charge in [0.05, 0.1) is 0 Å². The summed E-state index contributed by atoms with van der Waals surface area (Å²) in [5.74, 6) is -0.259. The third-order valence-corrected chi connectivity index (χ3v) is 2.45. The van der Waals surface area contributed by atoms with Crippen LogP contribution >= 0.6 is 0 Å². The zero-order valence-corrected chi connectivity index (χ0v) is 10.2. The van der Waals surface area contributed by atoms with E-state index in [4.69, 9.17) is 0 Å². The number of benzene rings is 1. The van der Waals surface area contributed by atoms with Gasteiger partial charge in [-0.3, -0.25) is 9.78 Å². The summed E-state index contributed by atoms with van der Waals surface area (Å²) < 4.78 is 0. The van der Waals surface area contributed by atoms with Crippen LogP contribution in [0.4, 0.5) is 5.69 Å². The maximum absolute atomic E-state index is 11.9. The molecule has 4 nitrogen and oxygen atoms in total. The molecule has 4 heteroatoms. The highest BCUT2D eigenvalue weighted by Gasteiger charge is 2.06. The largest absolute Gasteiger partial charge is 0.321 e. The van der Waals surface area contributed by atoms with Crippen molar-refractivity contribution in [2.45, 2.75) is 0 Å². The Bertz CT molecular complexity index is 580. The highest BCUT2D eigenvalue weighted by Crippen LogP contribution is 2.13. The summed E-state index contributed by atoms with van der Waals surface area (Å²) in [6, 6.07) is 12.4. The average molecular weight is 253 g/mol. The van der Waals surface area contributed by atoms with E-state index in [-0.39, 0.29) is 12.5 Å². The molecule has 95 valence electrons. The topological polar surface area (TPSA) is 61.9 Å². The fourth-order valence-electron chi connectivity index (χ4n) is 1.60. The molecule has 0 aliphatic carbocycles. The lowest BCUT2D eigenvalue weighted by Gasteiger charge is -2.05. The Hall–Kier alpha value is -2.46. The lowest BCUT2D eigenvalue weighted by Crippen LogP contribution is -2.13. The van der Waals surface area contributed by atoms with Crippen LogP contribution in [0, 0.1) is 0 Å². The van der Waals surface area contributed by atoms with E-state index in [1.165, 1.54) is 6.08 Å². The molecule has 2 aromatic rings. The van der Waals surface area contributed by atoms with Crippen molar-refractivity contribution in [1.82, 2.24) is 4.98 Å². The Kier molecular flexibility index (Phi) is 4.42. The molecule has 0 saturated heterocycles. The highest BCUT2D eigenvalue weighted by molar-refractivity contribution is 6.02. The number of anilines is 1. The number of rotatable bonds is 4. The van der Waals surface area contributed by atoms with Gasteiger partial charge in [0, 0.05) is 11.9 Å². The summed E-state index contributed by atoms with van der Waals surface area (Å²) >= 11 is 0. The third kappa shape index (κ3) is 3.76. The van der Waals surface area contributed by atoms with Crippen molar-refractivity contribution in [3.8, 4) is 0 Å². The number of hydrogen-bond acceptors (Lipinski definition) is 2. The van der Waals surface area contributed by atoms with Gasteiger partial charge >= 0.3 is 0 Å². The zero-order valence-electron chi connectivity index (χ0n) is 10.2. The fourth-order valence-corrected chi connectivity index (χ4v) is 1.60. The molecule has 0 spiro atoms. The first-order chi connectivity index (χ1) is 9.29. The molecule has 1 aromatic carbocycles. The van der Waals surface area contributed by atoms with Crippen LogP contribution in [0.15, 0.2) is 54.7 Å². The molecule has 2 rings (SSSR count). The number of carbonyl (C=O) groups excluding carboxylic acids is 1. The van der Waals surface area contributed by atoms with Crippen LogP contribution in [0.3, 0.4) is 0 Å². The lowest BCUT2D eigenvalue weighted by atomic mass is 10.2. The molecule has 1 aromatic heterocycles. The standard InChI is InChI=1S/C15H13N2O2/c18-10-4-6-12-5-3-7-13(11-12)17-15(19)14-8-1-2-9-16-14/h1-9,11H,10H2,(H,17,19)/b6-4+. The number of pyridine rings is 1. The molecule has 19 heavy (non-hydrogen) atoms. The van der Waals surface area contributed by atoms with Crippen molar-refractivity contribution in [1.29, 1.82) is 0 Å². The SMILES string of the molecule is [O]C/C=C/c1cccc(NC(=O)c2ccccn2)c1. The van der Waals surface area contributed by atoms with Crippen molar-refractivity contribution in [2.24, 2.45) is 0 Å². The van der Waals surface area contributed by atoms with E-state index in [9.17, 15) is 9.90 Å². The van der Waals surface area contributed by atoms with Gasteiger partial charge in [-0.25, -0.2) is 5.11 Å². The predicted octanol–water partition coefficient (Wildman–Crippen LogP) is 2.78. The van der Waals surface area contributed by atoms with E-state index in [0.717, 1.165) is 5.56 Å². The fraction of sp³-hybridized carbons (Fsp3) is 0.0667. The first kappa shape index (κ1) is 13.0. The minimum absolute atomic E-state index is 0.259. The molecule has 0 atom stereocenters. The Morgan fingerprint density at radius 2 is 2.11 bits per heavy atom. The van der Waals surface area contributed by atoms with Gasteiger partial charge in [-0.15, -0.1) is 0 Å². The summed E-state index contributed by atoms with van der Waals surface area (Å²) in [7, 11) is 0. The first-order valence-corrected chi connectivity index (χ1v) is 5.86. The molecule has 0 fully saturated rings. The monoisotopic (exact) mass is 253 g/mol. The van der Waals surface area contributed by atoms with Crippen LogP contribution in [0.1, 0.15) is 16.1 Å². The molecule has 1 radical (unpaired) electrons. The van der Waals surface area contributed by atoms with Crippen molar-refractivity contribution < 1.29 is 9.90 Å². The van der Waals surface area contributed by atoms with Gasteiger partial charge in [-0.2, -0.15) is 0 Å². The van der Waals surface area contributed by atoms with Crippen molar-refractivity contribution in [2.75, 3.05) is 11.9 Å². The van der Waals surface area contributed by atoms with Gasteiger partial charge in [-0.1, -0.05) is 30.4 Å². The summed E-state index contributed by atoms with van der Waals surface area (Å²) in [6.45, 7) is -0.259. The third-order valence-electron chi connectivity index (χ3n) is 2.45. The Morgan fingerprint density at radius 1 is 1.21 bits per heavy atom. The number of nitrogens with one attached hydrogen (secondary N) is 1. The van der Waals surface area contributed by atoms with E-state index in [1.54, 1.807) is 42.6 Å². The minimum atomic E-state index is -0.259. The van der Waals surface area contributed by atoms with Gasteiger partial charge in [0.15, 0.2) is 0 Å². The maximum atomic E-state index is 11.9. The minimum Gasteiger partial charge on any atom is -0.321 e. The second-order valence-electron chi connectivity index (χ2n) is 3.86. The zero-order chi connectivity index (χ0) is 13.5. The number of amides is 1. The van der Waals surface area contributed by atoms with E-state index in [1.807, 2.05) is 12.1 Å². The Morgan fingerprint density at radius 3 is 2.84 bits per heavy atom. The molecule has 0 unspecified atom stereocenters. The second-order valence-corrected chi connectivity index (χ2v) is 3.86. The lowest BCUT2D eigenvalue weighted by molar-refractivity contribution is 0.102. The second kappa shape index (κ2) is 6.47. The number of hydrogen-bond donors (Lipinski definition) is 1. The molecule has 1 amide bonds. The quantitative estimate of drug-likeness (QED) is 0.910. The van der Waals surface area contributed by atoms with Gasteiger partial charge in [0.1, 0.15) is 12.3 Å². The van der Waals surface area contributed by atoms with Gasteiger partial charge in [-0.05, 0) is 29.8 Å². The van der Waals surface area contributed by atoms with Crippen molar-refractivity contribution >= 4 is 17.7 Å². The summed E-state index contributed by atoms with van der Waals surface area (Å²) in [5, 5.41) is 13.1. The number of carbonyl (C=O) groups is 1. The molecule has 0 aliphatic heterocycles. The smallest absolute Gasteiger partial charge is 0.274 e. The summed E-state index contributed by atoms with van der Waals surface area (Å²) in [6.07, 6.45) is 4.82. The van der Waals surface area contributed by atoms with E-state index < -0.39 is 0 Å². The predicted molar refractivity (Wildman–Crippen MR) is 73.2 cm³/mol. The Balaban J connectivity index is 2.11. The van der Waals surface area contributed by atoms with Crippen LogP contribution < -0.4 is 5.32 Å². The van der Waals surface area contributed by atoms with Gasteiger partial charge < -0.3 is 5.32 Å². The normalized spacial score (nSPS) is 10.6. The van der Waals surface area contributed by atoms with E-state index in [0.29, 0.717) is 11.4 Å². The molecular weight excluding hydrogens is 240 g/mol. The van der Waals surface area contributed by atoms with Crippen LogP contribution in [-0.2, 0) is 5.11 Å². The van der Waals surface area contributed by atoms with Crippen LogP contribution in [0.5, 0.6) is 0 Å². The Labute approximate surface area is 111 Å². The van der Waals surface area contributed by atoms with Gasteiger partial charge in [0.2, 0.25) is 0 Å². The van der Waals surface area contributed by atoms with Crippen LogP contribution in [-0.4, -0.2) is 17.5 Å². The summed E-state index contributed by atoms with van der Waals surface area (Å²) in [4.78, 5) is 15.9. The number of nitrogens with zero attached hydrogens (tertiary/aromatic N) is 1. The molecule has 0 bridgehead atoms. The van der Waals surface area contributed by atoms with Crippen LogP contribution in [0.25, 0.3) is 6.08 Å². The molecule has 1 heterocycles. The molecule has 0 saturated carbocycles. The number of aromatic nitrogens is 1. The highest BCUT2D eigenvalue weighted by atomic mass is 16.2. The summed E-state index contributed by atoms with van der Waals surface area (Å²) in [5.41, 5.74) is 1.90. The van der Waals surface area contributed by atoms with Crippen molar-refractivity contribution in [3.63, 3.8) is 0 Å². The van der Waals surface area contributed by atoms with Crippen LogP contribution in [0.2, 0.25) is 0 Å². The molecule has 0 aliphatic rings. The first-order valence-electron chi connectivity index (χ1n) is 5.86.